The number of hydrogen-bond acceptors (Lipinski definition) is 6. The number of anilines is 2. The molecule has 2 aromatic carbocycles. The standard InChI is InChI=1S/C22H26N2O6/c1-6-29-22(28)21(27)23-15-9-13(4)19(14(5)10-15)30-16-7-8-18(25)17(11-16)24-20(26)12(2)3/h7-12,25H,6H2,1-5H3,(H,23,27)(H,24,26). The molecular formula is C22H26N2O6. The zero-order valence-electron chi connectivity index (χ0n) is 17.7. The van der Waals surface area contributed by atoms with Gasteiger partial charge in [0.05, 0.1) is 12.3 Å². The summed E-state index contributed by atoms with van der Waals surface area (Å²) in [5.41, 5.74) is 2.12. The predicted molar refractivity (Wildman–Crippen MR) is 113 cm³/mol. The molecule has 0 bridgehead atoms. The highest BCUT2D eigenvalue weighted by molar-refractivity contribution is 6.37. The van der Waals surface area contributed by atoms with Gasteiger partial charge in [-0.1, -0.05) is 13.8 Å². The molecule has 0 unspecified atom stereocenters. The van der Waals surface area contributed by atoms with E-state index in [1.807, 2.05) is 0 Å². The molecule has 0 saturated carbocycles. The normalized spacial score (nSPS) is 10.5. The Bertz CT molecular complexity index is 945. The Kier molecular flexibility index (Phi) is 7.41. The van der Waals surface area contributed by atoms with Crippen LogP contribution in [0.3, 0.4) is 0 Å². The van der Waals surface area contributed by atoms with Crippen molar-refractivity contribution in [2.45, 2.75) is 34.6 Å². The SMILES string of the molecule is CCOC(=O)C(=O)Nc1cc(C)c(Oc2ccc(O)c(NC(=O)C(C)C)c2)c(C)c1. The third-order valence-corrected chi connectivity index (χ3v) is 4.15. The summed E-state index contributed by atoms with van der Waals surface area (Å²) in [5, 5.41) is 15.2. The number of rotatable bonds is 6. The number of phenols is 1. The quantitative estimate of drug-likeness (QED) is 0.375. The maximum atomic E-state index is 11.9. The molecule has 0 aliphatic rings. The van der Waals surface area contributed by atoms with Gasteiger partial charge in [0.2, 0.25) is 5.91 Å². The fourth-order valence-electron chi connectivity index (χ4n) is 2.64. The van der Waals surface area contributed by atoms with E-state index < -0.39 is 11.9 Å². The van der Waals surface area contributed by atoms with E-state index in [0.717, 1.165) is 11.1 Å². The fraction of sp³-hybridized carbons (Fsp3) is 0.318. The van der Waals surface area contributed by atoms with Gasteiger partial charge in [-0.3, -0.25) is 9.59 Å². The molecule has 30 heavy (non-hydrogen) atoms. The number of carbonyl (C=O) groups is 3. The summed E-state index contributed by atoms with van der Waals surface area (Å²) in [6.07, 6.45) is 0. The summed E-state index contributed by atoms with van der Waals surface area (Å²) >= 11 is 0. The number of hydrogen-bond donors (Lipinski definition) is 3. The molecule has 0 atom stereocenters. The molecule has 2 rings (SSSR count). The summed E-state index contributed by atoms with van der Waals surface area (Å²) in [4.78, 5) is 35.3. The molecule has 0 radical (unpaired) electrons. The van der Waals surface area contributed by atoms with Gasteiger partial charge in [0.1, 0.15) is 17.2 Å². The second-order valence-corrected chi connectivity index (χ2v) is 7.04. The van der Waals surface area contributed by atoms with E-state index in [1.54, 1.807) is 52.8 Å². The Morgan fingerprint density at radius 3 is 2.23 bits per heavy atom. The minimum absolute atomic E-state index is 0.0678. The molecule has 3 N–H and O–H groups in total. The lowest BCUT2D eigenvalue weighted by atomic mass is 10.1. The van der Waals surface area contributed by atoms with Crippen LogP contribution >= 0.6 is 0 Å². The van der Waals surface area contributed by atoms with Crippen molar-refractivity contribution in [3.05, 3.63) is 41.5 Å². The molecule has 160 valence electrons. The van der Waals surface area contributed by atoms with Crippen molar-refractivity contribution in [2.24, 2.45) is 5.92 Å². The Balaban J connectivity index is 2.22. The largest absolute Gasteiger partial charge is 0.506 e. The van der Waals surface area contributed by atoms with E-state index in [9.17, 15) is 19.5 Å². The second-order valence-electron chi connectivity index (χ2n) is 7.04. The van der Waals surface area contributed by atoms with Crippen LogP contribution in [0.4, 0.5) is 11.4 Å². The lowest BCUT2D eigenvalue weighted by Crippen LogP contribution is -2.25. The van der Waals surface area contributed by atoms with Gasteiger partial charge in [0, 0.05) is 17.7 Å². The van der Waals surface area contributed by atoms with Gasteiger partial charge in [-0.15, -0.1) is 0 Å². The molecule has 0 saturated heterocycles. The van der Waals surface area contributed by atoms with Crippen LogP contribution in [-0.4, -0.2) is 29.5 Å². The minimum atomic E-state index is -0.951. The Labute approximate surface area is 175 Å². The van der Waals surface area contributed by atoms with E-state index in [4.69, 9.17) is 4.74 Å². The van der Waals surface area contributed by atoms with E-state index in [1.165, 1.54) is 12.1 Å². The average Bonchev–Trinajstić information content (AvgIpc) is 2.67. The number of benzene rings is 2. The maximum absolute atomic E-state index is 11.9. The van der Waals surface area contributed by atoms with Gasteiger partial charge in [-0.05, 0) is 56.2 Å². The van der Waals surface area contributed by atoms with Gasteiger partial charge in [-0.2, -0.15) is 0 Å². The first-order valence-electron chi connectivity index (χ1n) is 9.53. The number of esters is 1. The number of phenolic OH excluding ortho intramolecular Hbond substituents is 1. The summed E-state index contributed by atoms with van der Waals surface area (Å²) in [6.45, 7) is 8.83. The molecule has 2 aromatic rings. The number of amides is 2. The molecule has 2 amide bonds. The van der Waals surface area contributed by atoms with E-state index in [-0.39, 0.29) is 29.9 Å². The van der Waals surface area contributed by atoms with Crippen molar-refractivity contribution < 1.29 is 29.0 Å². The monoisotopic (exact) mass is 414 g/mol. The zero-order chi connectivity index (χ0) is 22.4. The highest BCUT2D eigenvalue weighted by Gasteiger charge is 2.17. The Morgan fingerprint density at radius 1 is 1.03 bits per heavy atom. The average molecular weight is 414 g/mol. The number of carbonyl (C=O) groups excluding carboxylic acids is 3. The van der Waals surface area contributed by atoms with E-state index in [2.05, 4.69) is 15.4 Å². The number of aromatic hydroxyl groups is 1. The molecular weight excluding hydrogens is 388 g/mol. The number of ether oxygens (including phenoxy) is 2. The van der Waals surface area contributed by atoms with Gasteiger partial charge in [-0.25, -0.2) is 4.79 Å². The van der Waals surface area contributed by atoms with Crippen LogP contribution < -0.4 is 15.4 Å². The Morgan fingerprint density at radius 2 is 1.67 bits per heavy atom. The third kappa shape index (κ3) is 5.73. The molecule has 8 nitrogen and oxygen atoms in total. The lowest BCUT2D eigenvalue weighted by molar-refractivity contribution is -0.152. The topological polar surface area (TPSA) is 114 Å². The van der Waals surface area contributed by atoms with Crippen molar-refractivity contribution in [3.8, 4) is 17.2 Å². The van der Waals surface area contributed by atoms with Crippen LogP contribution in [0.5, 0.6) is 17.2 Å². The van der Waals surface area contributed by atoms with Crippen LogP contribution in [0.25, 0.3) is 0 Å². The highest BCUT2D eigenvalue weighted by Crippen LogP contribution is 2.35. The molecule has 0 aromatic heterocycles. The molecule has 0 aliphatic carbocycles. The fourth-order valence-corrected chi connectivity index (χ4v) is 2.64. The summed E-state index contributed by atoms with van der Waals surface area (Å²) in [6, 6.07) is 7.88. The number of aryl methyl sites for hydroxylation is 2. The Hall–Kier alpha value is -3.55. The van der Waals surface area contributed by atoms with Crippen LogP contribution in [0.1, 0.15) is 31.9 Å². The molecule has 0 heterocycles. The summed E-state index contributed by atoms with van der Waals surface area (Å²) < 4.78 is 10.6. The minimum Gasteiger partial charge on any atom is -0.506 e. The van der Waals surface area contributed by atoms with Crippen molar-refractivity contribution in [1.82, 2.24) is 0 Å². The first-order chi connectivity index (χ1) is 14.1. The van der Waals surface area contributed by atoms with Gasteiger partial charge >= 0.3 is 11.9 Å². The van der Waals surface area contributed by atoms with E-state index >= 15 is 0 Å². The smallest absolute Gasteiger partial charge is 0.397 e. The second kappa shape index (κ2) is 9.78. The number of nitrogens with one attached hydrogen (secondary N) is 2. The predicted octanol–water partition coefficient (Wildman–Crippen LogP) is 3.90. The lowest BCUT2D eigenvalue weighted by Gasteiger charge is -2.16. The molecule has 0 aliphatic heterocycles. The van der Waals surface area contributed by atoms with Gasteiger partial charge < -0.3 is 25.2 Å². The first-order valence-corrected chi connectivity index (χ1v) is 9.53. The van der Waals surface area contributed by atoms with Gasteiger partial charge in [0.15, 0.2) is 0 Å². The first kappa shape index (κ1) is 22.7. The molecule has 0 spiro atoms. The summed E-state index contributed by atoms with van der Waals surface area (Å²) in [5.74, 6) is -1.37. The molecule has 0 fully saturated rings. The van der Waals surface area contributed by atoms with Crippen LogP contribution in [0.15, 0.2) is 30.3 Å². The van der Waals surface area contributed by atoms with Crippen molar-refractivity contribution in [3.63, 3.8) is 0 Å². The van der Waals surface area contributed by atoms with E-state index in [0.29, 0.717) is 17.2 Å². The molecule has 8 heteroatoms. The van der Waals surface area contributed by atoms with Crippen molar-refractivity contribution >= 4 is 29.2 Å². The van der Waals surface area contributed by atoms with Gasteiger partial charge in [0.25, 0.3) is 0 Å². The highest BCUT2D eigenvalue weighted by atomic mass is 16.5. The van der Waals surface area contributed by atoms with Crippen LogP contribution in [0.2, 0.25) is 0 Å². The van der Waals surface area contributed by atoms with Crippen LogP contribution in [0, 0.1) is 19.8 Å². The summed E-state index contributed by atoms with van der Waals surface area (Å²) in [7, 11) is 0. The maximum Gasteiger partial charge on any atom is 0.397 e. The van der Waals surface area contributed by atoms with Crippen molar-refractivity contribution in [2.75, 3.05) is 17.2 Å². The van der Waals surface area contributed by atoms with Crippen LogP contribution in [-0.2, 0) is 19.1 Å². The third-order valence-electron chi connectivity index (χ3n) is 4.15. The zero-order valence-corrected chi connectivity index (χ0v) is 17.7. The van der Waals surface area contributed by atoms with Crippen molar-refractivity contribution in [1.29, 1.82) is 0 Å².